The molecule has 2 aliphatic rings. The standard InChI is InChI=1S/C18H21F5N2O3/c1-27-14-7-13(28-18(21,22)23)4-3-12(14)8-25-10-16(9-17(19,20)11-25)5-2-6-24-15(16)26/h3-4,7H,2,5-6,8-11H2,1H3,(H,24,26)/t16-/m1/s1. The van der Waals surface area contributed by atoms with Gasteiger partial charge in [-0.2, -0.15) is 0 Å². The molecule has 1 amide bonds. The molecular weight excluding hydrogens is 387 g/mol. The number of methoxy groups -OCH3 is 1. The molecule has 1 aromatic rings. The van der Waals surface area contributed by atoms with Gasteiger partial charge >= 0.3 is 6.36 Å². The van der Waals surface area contributed by atoms with E-state index < -0.39 is 36.4 Å². The topological polar surface area (TPSA) is 50.8 Å². The molecule has 1 spiro atoms. The molecular formula is C18H21F5N2O3. The third-order valence-corrected chi connectivity index (χ3v) is 5.06. The van der Waals surface area contributed by atoms with Crippen LogP contribution < -0.4 is 14.8 Å². The second kappa shape index (κ2) is 7.38. The summed E-state index contributed by atoms with van der Waals surface area (Å²) < 4.78 is 74.9. The van der Waals surface area contributed by atoms with Crippen molar-refractivity contribution in [3.8, 4) is 11.5 Å². The molecule has 0 aliphatic carbocycles. The molecule has 0 bridgehead atoms. The van der Waals surface area contributed by atoms with E-state index in [1.54, 1.807) is 0 Å². The highest BCUT2D eigenvalue weighted by Gasteiger charge is 2.53. The van der Waals surface area contributed by atoms with E-state index in [1.807, 2.05) is 0 Å². The van der Waals surface area contributed by atoms with E-state index in [2.05, 4.69) is 10.1 Å². The van der Waals surface area contributed by atoms with Crippen molar-refractivity contribution in [2.75, 3.05) is 26.7 Å². The van der Waals surface area contributed by atoms with Crippen molar-refractivity contribution in [3.63, 3.8) is 0 Å². The number of amides is 1. The molecule has 2 heterocycles. The minimum absolute atomic E-state index is 0.0140. The fraction of sp³-hybridized carbons (Fsp3) is 0.611. The summed E-state index contributed by atoms with van der Waals surface area (Å²) in [5, 5.41) is 2.67. The fourth-order valence-corrected chi connectivity index (χ4v) is 4.07. The lowest BCUT2D eigenvalue weighted by atomic mass is 9.72. The summed E-state index contributed by atoms with van der Waals surface area (Å²) in [4.78, 5) is 13.8. The maximum absolute atomic E-state index is 14.4. The number of rotatable bonds is 4. The van der Waals surface area contributed by atoms with Crippen molar-refractivity contribution in [2.45, 2.75) is 38.1 Å². The first-order chi connectivity index (χ1) is 13.0. The van der Waals surface area contributed by atoms with Crippen LogP contribution in [0.1, 0.15) is 24.8 Å². The summed E-state index contributed by atoms with van der Waals surface area (Å²) in [6, 6.07) is 3.52. The first kappa shape index (κ1) is 20.6. The van der Waals surface area contributed by atoms with Gasteiger partial charge in [0.2, 0.25) is 5.91 Å². The van der Waals surface area contributed by atoms with E-state index in [0.29, 0.717) is 24.9 Å². The molecule has 3 rings (SSSR count). The number of benzene rings is 1. The Balaban J connectivity index is 1.81. The molecule has 2 aliphatic heterocycles. The van der Waals surface area contributed by atoms with Gasteiger partial charge in [0.15, 0.2) is 0 Å². The van der Waals surface area contributed by atoms with Crippen LogP contribution in [0.15, 0.2) is 18.2 Å². The van der Waals surface area contributed by atoms with Crippen molar-refractivity contribution in [3.05, 3.63) is 23.8 Å². The third kappa shape index (κ3) is 4.65. The Bertz CT molecular complexity index is 740. The number of halogens is 5. The Labute approximate surface area is 158 Å². The van der Waals surface area contributed by atoms with Crippen LogP contribution in [0.25, 0.3) is 0 Å². The summed E-state index contributed by atoms with van der Waals surface area (Å²) >= 11 is 0. The molecule has 0 saturated carbocycles. The van der Waals surface area contributed by atoms with Gasteiger partial charge in [0.25, 0.3) is 5.92 Å². The second-order valence-electron chi connectivity index (χ2n) is 7.34. The van der Waals surface area contributed by atoms with Crippen LogP contribution >= 0.6 is 0 Å². The molecule has 0 unspecified atom stereocenters. The Hall–Kier alpha value is -2.10. The van der Waals surface area contributed by atoms with E-state index in [4.69, 9.17) is 4.74 Å². The van der Waals surface area contributed by atoms with Crippen LogP contribution in [0.4, 0.5) is 22.0 Å². The first-order valence-electron chi connectivity index (χ1n) is 8.83. The number of carbonyl (C=O) groups is 1. The van der Waals surface area contributed by atoms with Crippen LogP contribution in [0.3, 0.4) is 0 Å². The zero-order valence-electron chi connectivity index (χ0n) is 15.2. The molecule has 28 heavy (non-hydrogen) atoms. The molecule has 10 heteroatoms. The molecule has 1 N–H and O–H groups in total. The van der Waals surface area contributed by atoms with Crippen molar-refractivity contribution in [1.82, 2.24) is 10.2 Å². The SMILES string of the molecule is COc1cc(OC(F)(F)F)ccc1CN1CC(F)(F)C[C@]2(CCCNC2=O)C1. The van der Waals surface area contributed by atoms with Crippen molar-refractivity contribution in [1.29, 1.82) is 0 Å². The summed E-state index contributed by atoms with van der Waals surface area (Å²) in [6.45, 7) is 0.102. The van der Waals surface area contributed by atoms with Crippen LogP contribution in [-0.2, 0) is 11.3 Å². The number of carbonyl (C=O) groups excluding carboxylic acids is 1. The Morgan fingerprint density at radius 1 is 1.25 bits per heavy atom. The minimum atomic E-state index is -4.85. The number of nitrogens with one attached hydrogen (secondary N) is 1. The average Bonchev–Trinajstić information content (AvgIpc) is 2.56. The van der Waals surface area contributed by atoms with Gasteiger partial charge in [-0.3, -0.25) is 9.69 Å². The van der Waals surface area contributed by atoms with E-state index in [1.165, 1.54) is 18.1 Å². The minimum Gasteiger partial charge on any atom is -0.496 e. The van der Waals surface area contributed by atoms with Crippen LogP contribution in [0.2, 0.25) is 0 Å². The van der Waals surface area contributed by atoms with Gasteiger partial charge in [-0.05, 0) is 18.9 Å². The monoisotopic (exact) mass is 408 g/mol. The van der Waals surface area contributed by atoms with Gasteiger partial charge < -0.3 is 14.8 Å². The van der Waals surface area contributed by atoms with Crippen molar-refractivity contribution in [2.24, 2.45) is 5.41 Å². The normalized spacial score (nSPS) is 25.4. The van der Waals surface area contributed by atoms with E-state index in [-0.39, 0.29) is 24.7 Å². The lowest BCUT2D eigenvalue weighted by Gasteiger charge is -2.46. The number of ether oxygens (including phenoxy) is 2. The first-order valence-corrected chi connectivity index (χ1v) is 8.83. The summed E-state index contributed by atoms with van der Waals surface area (Å²) in [5.74, 6) is -3.78. The lowest BCUT2D eigenvalue weighted by molar-refractivity contribution is -0.274. The van der Waals surface area contributed by atoms with Gasteiger partial charge in [0, 0.05) is 37.7 Å². The maximum atomic E-state index is 14.4. The Morgan fingerprint density at radius 3 is 2.64 bits per heavy atom. The van der Waals surface area contributed by atoms with Crippen LogP contribution in [0.5, 0.6) is 11.5 Å². The number of alkyl halides is 5. The fourth-order valence-electron chi connectivity index (χ4n) is 4.07. The summed E-state index contributed by atoms with van der Waals surface area (Å²) in [7, 11) is 1.27. The zero-order valence-corrected chi connectivity index (χ0v) is 15.2. The van der Waals surface area contributed by atoms with Crippen LogP contribution in [0, 0.1) is 5.41 Å². The third-order valence-electron chi connectivity index (χ3n) is 5.06. The maximum Gasteiger partial charge on any atom is 0.573 e. The molecule has 1 aromatic carbocycles. The number of hydrogen-bond donors (Lipinski definition) is 1. The highest BCUT2D eigenvalue weighted by atomic mass is 19.4. The zero-order chi connectivity index (χ0) is 20.6. The predicted octanol–water partition coefficient (Wildman–Crippen LogP) is 3.33. The van der Waals surface area contributed by atoms with E-state index in [9.17, 15) is 26.7 Å². The molecule has 0 aromatic heterocycles. The van der Waals surface area contributed by atoms with Gasteiger partial charge in [-0.25, -0.2) is 8.78 Å². The summed E-state index contributed by atoms with van der Waals surface area (Å²) in [6.07, 6.45) is -4.34. The molecule has 5 nitrogen and oxygen atoms in total. The molecule has 2 saturated heterocycles. The van der Waals surface area contributed by atoms with Gasteiger partial charge in [0.05, 0.1) is 19.1 Å². The van der Waals surface area contributed by atoms with E-state index in [0.717, 1.165) is 12.1 Å². The lowest BCUT2D eigenvalue weighted by Crippen LogP contribution is -2.59. The second-order valence-corrected chi connectivity index (χ2v) is 7.34. The largest absolute Gasteiger partial charge is 0.573 e. The smallest absolute Gasteiger partial charge is 0.496 e. The number of likely N-dealkylation sites (tertiary alicyclic amines) is 1. The molecule has 1 atom stereocenters. The highest BCUT2D eigenvalue weighted by Crippen LogP contribution is 2.44. The van der Waals surface area contributed by atoms with Gasteiger partial charge in [-0.1, -0.05) is 6.07 Å². The molecule has 0 radical (unpaired) electrons. The number of nitrogens with zero attached hydrogens (tertiary/aromatic N) is 1. The van der Waals surface area contributed by atoms with Crippen molar-refractivity contribution >= 4 is 5.91 Å². The number of piperidine rings is 2. The Morgan fingerprint density at radius 2 is 2.00 bits per heavy atom. The van der Waals surface area contributed by atoms with Crippen LogP contribution in [-0.4, -0.2) is 49.8 Å². The van der Waals surface area contributed by atoms with Gasteiger partial charge in [-0.15, -0.1) is 13.2 Å². The number of hydrogen-bond acceptors (Lipinski definition) is 4. The van der Waals surface area contributed by atoms with Crippen molar-refractivity contribution < 1.29 is 36.2 Å². The Kier molecular flexibility index (Phi) is 5.44. The summed E-state index contributed by atoms with van der Waals surface area (Å²) in [5.41, 5.74) is -0.729. The molecule has 156 valence electrons. The average molecular weight is 408 g/mol. The predicted molar refractivity (Wildman–Crippen MR) is 89.2 cm³/mol. The quantitative estimate of drug-likeness (QED) is 0.777. The van der Waals surface area contributed by atoms with E-state index >= 15 is 0 Å². The van der Waals surface area contributed by atoms with Gasteiger partial charge in [0.1, 0.15) is 11.5 Å². The molecule has 2 fully saturated rings. The highest BCUT2D eigenvalue weighted by molar-refractivity contribution is 5.83.